The van der Waals surface area contributed by atoms with Crippen molar-refractivity contribution in [2.45, 2.75) is 36.5 Å². The van der Waals surface area contributed by atoms with Crippen molar-refractivity contribution in [3.8, 4) is 0 Å². The molecule has 1 aliphatic heterocycles. The summed E-state index contributed by atoms with van der Waals surface area (Å²) in [6.07, 6.45) is 2.18. The van der Waals surface area contributed by atoms with Crippen molar-refractivity contribution in [2.75, 3.05) is 11.1 Å². The van der Waals surface area contributed by atoms with E-state index < -0.39 is 54.9 Å². The van der Waals surface area contributed by atoms with Crippen LogP contribution in [0.4, 0.5) is 18.9 Å². The van der Waals surface area contributed by atoms with E-state index in [4.69, 9.17) is 5.73 Å². The summed E-state index contributed by atoms with van der Waals surface area (Å²) in [6, 6.07) is 4.00. The van der Waals surface area contributed by atoms with Crippen LogP contribution in [0.5, 0.6) is 0 Å². The van der Waals surface area contributed by atoms with Crippen molar-refractivity contribution in [1.29, 1.82) is 0 Å². The number of amides is 1. The van der Waals surface area contributed by atoms with Crippen LogP contribution in [-0.2, 0) is 15.4 Å². The number of nitrogens with zero attached hydrogens (tertiary/aromatic N) is 2. The average molecular weight is 452 g/mol. The predicted octanol–water partition coefficient (Wildman–Crippen LogP) is 2.67. The van der Waals surface area contributed by atoms with Crippen molar-refractivity contribution < 1.29 is 26.4 Å². The Balaban J connectivity index is 1.69. The van der Waals surface area contributed by atoms with Crippen molar-refractivity contribution in [2.24, 2.45) is 10.7 Å². The van der Waals surface area contributed by atoms with Gasteiger partial charge in [0.05, 0.1) is 11.9 Å². The van der Waals surface area contributed by atoms with Gasteiger partial charge in [-0.25, -0.2) is 26.6 Å². The Morgan fingerprint density at radius 2 is 1.87 bits per heavy atom. The molecule has 1 unspecified atom stereocenters. The molecule has 1 saturated carbocycles. The van der Waals surface area contributed by atoms with Gasteiger partial charge in [0.15, 0.2) is 21.3 Å². The first-order valence-electron chi connectivity index (χ1n) is 9.48. The van der Waals surface area contributed by atoms with Crippen molar-refractivity contribution >= 4 is 27.3 Å². The molecule has 1 spiro atoms. The quantitative estimate of drug-likeness (QED) is 0.743. The molecule has 7 nitrogen and oxygen atoms in total. The SMILES string of the molecule is CC1(c2cc(NC(=O)c3ncc(F)cc3F)ccc2F)CS(=O)(=O)C2(CCC2)C(N)=N1. The second-order valence-electron chi connectivity index (χ2n) is 8.01. The minimum Gasteiger partial charge on any atom is -0.386 e. The summed E-state index contributed by atoms with van der Waals surface area (Å²) in [5.41, 5.74) is 3.86. The molecule has 4 rings (SSSR count). The number of aliphatic imine (C=N–C) groups is 1. The van der Waals surface area contributed by atoms with Gasteiger partial charge in [-0.05, 0) is 44.4 Å². The van der Waals surface area contributed by atoms with Gasteiger partial charge in [-0.1, -0.05) is 0 Å². The van der Waals surface area contributed by atoms with Gasteiger partial charge < -0.3 is 11.1 Å². The first-order valence-corrected chi connectivity index (χ1v) is 11.1. The summed E-state index contributed by atoms with van der Waals surface area (Å²) in [6.45, 7) is 1.45. The molecule has 1 aliphatic carbocycles. The molecule has 2 aliphatic rings. The Bertz CT molecular complexity index is 1230. The van der Waals surface area contributed by atoms with Crippen molar-refractivity contribution in [3.63, 3.8) is 0 Å². The number of anilines is 1. The van der Waals surface area contributed by atoms with Gasteiger partial charge >= 0.3 is 0 Å². The van der Waals surface area contributed by atoms with Crippen LogP contribution in [0, 0.1) is 17.5 Å². The summed E-state index contributed by atoms with van der Waals surface area (Å²) in [7, 11) is -3.70. The molecule has 0 saturated heterocycles. The molecule has 1 atom stereocenters. The molecule has 1 aromatic heterocycles. The summed E-state index contributed by atoms with van der Waals surface area (Å²) < 4.78 is 66.3. The van der Waals surface area contributed by atoms with E-state index in [0.717, 1.165) is 12.5 Å². The topological polar surface area (TPSA) is 115 Å². The number of hydrogen-bond donors (Lipinski definition) is 2. The Morgan fingerprint density at radius 1 is 1.16 bits per heavy atom. The van der Waals surface area contributed by atoms with E-state index >= 15 is 0 Å². The normalized spacial score (nSPS) is 23.7. The first kappa shape index (κ1) is 21.3. The zero-order chi connectivity index (χ0) is 22.6. The molecule has 2 heterocycles. The zero-order valence-corrected chi connectivity index (χ0v) is 17.3. The monoisotopic (exact) mass is 452 g/mol. The van der Waals surface area contributed by atoms with Crippen LogP contribution in [0.15, 0.2) is 35.5 Å². The number of nitrogens with two attached hydrogens (primary N) is 1. The lowest BCUT2D eigenvalue weighted by Gasteiger charge is -2.46. The summed E-state index contributed by atoms with van der Waals surface area (Å²) in [4.78, 5) is 20.1. The van der Waals surface area contributed by atoms with Gasteiger partial charge in [0, 0.05) is 17.3 Å². The van der Waals surface area contributed by atoms with Gasteiger partial charge in [-0.3, -0.25) is 9.79 Å². The Morgan fingerprint density at radius 3 is 2.45 bits per heavy atom. The van der Waals surface area contributed by atoms with E-state index in [0.29, 0.717) is 25.1 Å². The lowest BCUT2D eigenvalue weighted by atomic mass is 9.82. The number of carbonyl (C=O) groups is 1. The molecule has 0 radical (unpaired) electrons. The number of benzene rings is 1. The number of aromatic nitrogens is 1. The maximum absolute atomic E-state index is 14.7. The zero-order valence-electron chi connectivity index (χ0n) is 16.5. The summed E-state index contributed by atoms with van der Waals surface area (Å²) >= 11 is 0. The molecular weight excluding hydrogens is 433 g/mol. The smallest absolute Gasteiger partial charge is 0.277 e. The molecule has 3 N–H and O–H groups in total. The number of nitrogens with one attached hydrogen (secondary N) is 1. The summed E-state index contributed by atoms with van der Waals surface area (Å²) in [5, 5.41) is 2.35. The number of hydrogen-bond acceptors (Lipinski definition) is 6. The van der Waals surface area contributed by atoms with Crippen LogP contribution in [0.3, 0.4) is 0 Å². The number of rotatable bonds is 3. The van der Waals surface area contributed by atoms with Gasteiger partial charge in [-0.2, -0.15) is 0 Å². The Kier molecular flexibility index (Phi) is 4.84. The fraction of sp³-hybridized carbons (Fsp3) is 0.350. The Hall–Kier alpha value is -2.95. The molecule has 31 heavy (non-hydrogen) atoms. The molecule has 2 aromatic rings. The molecule has 0 bridgehead atoms. The number of sulfone groups is 1. The second-order valence-corrected chi connectivity index (χ2v) is 10.3. The summed E-state index contributed by atoms with van der Waals surface area (Å²) in [5.74, 6) is -4.30. The van der Waals surface area contributed by atoms with Gasteiger partial charge in [0.25, 0.3) is 5.91 Å². The number of pyridine rings is 1. The van der Waals surface area contributed by atoms with Crippen LogP contribution in [0.2, 0.25) is 0 Å². The Labute approximate surface area is 176 Å². The van der Waals surface area contributed by atoms with Crippen LogP contribution < -0.4 is 11.1 Å². The fourth-order valence-electron chi connectivity index (χ4n) is 4.06. The first-order chi connectivity index (χ1) is 14.5. The van der Waals surface area contributed by atoms with Crippen LogP contribution in [0.25, 0.3) is 0 Å². The highest BCUT2D eigenvalue weighted by atomic mass is 32.2. The van der Waals surface area contributed by atoms with Crippen LogP contribution >= 0.6 is 0 Å². The number of carbonyl (C=O) groups excluding carboxylic acids is 1. The predicted molar refractivity (Wildman–Crippen MR) is 108 cm³/mol. The number of halogens is 3. The van der Waals surface area contributed by atoms with Crippen LogP contribution in [0.1, 0.15) is 42.2 Å². The third-order valence-corrected chi connectivity index (χ3v) is 8.64. The largest absolute Gasteiger partial charge is 0.386 e. The molecule has 1 aromatic carbocycles. The minimum absolute atomic E-state index is 0.0427. The highest BCUT2D eigenvalue weighted by molar-refractivity contribution is 7.93. The number of amidine groups is 1. The van der Waals surface area contributed by atoms with E-state index in [1.807, 2.05) is 0 Å². The second kappa shape index (κ2) is 7.04. The highest BCUT2D eigenvalue weighted by Crippen LogP contribution is 2.47. The van der Waals surface area contributed by atoms with Crippen molar-refractivity contribution in [1.82, 2.24) is 4.98 Å². The molecule has 1 fully saturated rings. The lowest BCUT2D eigenvalue weighted by Crippen LogP contribution is -2.61. The van der Waals surface area contributed by atoms with E-state index in [2.05, 4.69) is 15.3 Å². The minimum atomic E-state index is -3.70. The van der Waals surface area contributed by atoms with Gasteiger partial charge in [-0.15, -0.1) is 0 Å². The molecule has 11 heteroatoms. The maximum atomic E-state index is 14.7. The van der Waals surface area contributed by atoms with Gasteiger partial charge in [0.1, 0.15) is 27.8 Å². The maximum Gasteiger partial charge on any atom is 0.277 e. The average Bonchev–Trinajstić information content (AvgIpc) is 2.60. The third kappa shape index (κ3) is 3.36. The lowest BCUT2D eigenvalue weighted by molar-refractivity contribution is 0.101. The van der Waals surface area contributed by atoms with Crippen LogP contribution in [-0.4, -0.2) is 35.6 Å². The van der Waals surface area contributed by atoms with Gasteiger partial charge in [0.2, 0.25) is 0 Å². The molecule has 164 valence electrons. The molecule has 1 amide bonds. The van der Waals surface area contributed by atoms with Crippen molar-refractivity contribution in [3.05, 3.63) is 59.2 Å². The van der Waals surface area contributed by atoms with E-state index in [9.17, 15) is 26.4 Å². The highest BCUT2D eigenvalue weighted by Gasteiger charge is 2.58. The van der Waals surface area contributed by atoms with E-state index in [-0.39, 0.29) is 17.1 Å². The molecular formula is C20H19F3N4O3S. The third-order valence-electron chi connectivity index (χ3n) is 5.89. The van der Waals surface area contributed by atoms with E-state index in [1.165, 1.54) is 19.1 Å². The standard InChI is InChI=1S/C20H19F3N4O3S/c1-19(10-31(29,30)20(5-2-6-20)18(24)27-19)13-8-12(3-4-14(13)22)26-17(28)16-15(23)7-11(21)9-25-16/h3-4,7-9H,2,5-6,10H2,1H3,(H2,24,27)(H,26,28). The fourth-order valence-corrected chi connectivity index (χ4v) is 6.57. The van der Waals surface area contributed by atoms with E-state index in [1.54, 1.807) is 0 Å².